The van der Waals surface area contributed by atoms with Crippen molar-refractivity contribution in [3.8, 4) is 11.5 Å². The molecule has 0 aromatic heterocycles. The van der Waals surface area contributed by atoms with Gasteiger partial charge in [0, 0.05) is 5.75 Å². The first kappa shape index (κ1) is 20.0. The minimum atomic E-state index is -0.474. The van der Waals surface area contributed by atoms with Crippen molar-refractivity contribution in [2.45, 2.75) is 45.8 Å². The lowest BCUT2D eigenvalue weighted by Gasteiger charge is -2.32. The van der Waals surface area contributed by atoms with Gasteiger partial charge in [0.2, 0.25) is 0 Å². The quantitative estimate of drug-likeness (QED) is 0.556. The largest absolute Gasteiger partial charge is 0.494 e. The monoisotopic (exact) mass is 389 g/mol. The van der Waals surface area contributed by atoms with E-state index < -0.39 is 18.3 Å². The predicted octanol–water partition coefficient (Wildman–Crippen LogP) is 5.00. The summed E-state index contributed by atoms with van der Waals surface area (Å²) in [6, 6.07) is 11.8. The average molecular weight is 389 g/mol. The summed E-state index contributed by atoms with van der Waals surface area (Å²) in [6.45, 7) is 10.2. The molecule has 0 saturated carbocycles. The summed E-state index contributed by atoms with van der Waals surface area (Å²) in [5.41, 5.74) is 0.888. The highest BCUT2D eigenvalue weighted by molar-refractivity contribution is 8.00. The molecule has 0 atom stereocenters. The smallest absolute Gasteiger partial charge is 0.455 e. The van der Waals surface area contributed by atoms with E-state index in [0.717, 1.165) is 16.9 Å². The van der Waals surface area contributed by atoms with E-state index in [-0.39, 0.29) is 5.82 Å². The van der Waals surface area contributed by atoms with Crippen LogP contribution >= 0.6 is 11.9 Å². The Labute approximate surface area is 165 Å². The molecule has 1 aliphatic heterocycles. The Morgan fingerprint density at radius 2 is 1.67 bits per heavy atom. The van der Waals surface area contributed by atoms with Crippen LogP contribution in [0.25, 0.3) is 0 Å². The van der Waals surface area contributed by atoms with Crippen LogP contribution in [0.5, 0.6) is 11.5 Å². The third kappa shape index (κ3) is 4.42. The van der Waals surface area contributed by atoms with Gasteiger partial charge < -0.3 is 18.8 Å². The minimum Gasteiger partial charge on any atom is -0.455 e. The summed E-state index contributed by atoms with van der Waals surface area (Å²) in [4.78, 5) is 0. The van der Waals surface area contributed by atoms with Crippen molar-refractivity contribution >= 4 is 30.2 Å². The summed E-state index contributed by atoms with van der Waals surface area (Å²) in [5, 5.41) is 0. The first-order valence-electron chi connectivity index (χ1n) is 9.02. The van der Waals surface area contributed by atoms with E-state index in [1.807, 2.05) is 45.9 Å². The standard InChI is InChI=1S/C20H25BFNO3S/c1-6-27-23-17-12-7-14(21-25-19(2,3)20(4,5)26-21)13-18(17)24-16-10-8-15(22)9-11-16/h7-13,23H,6H2,1-5H3. The SMILES string of the molecule is CCSNc1ccc(B2OC(C)(C)C(C)(C)O2)cc1Oc1ccc(F)cc1. The van der Waals surface area contributed by atoms with Crippen molar-refractivity contribution in [1.29, 1.82) is 0 Å². The number of hydrogen-bond acceptors (Lipinski definition) is 5. The lowest BCUT2D eigenvalue weighted by Crippen LogP contribution is -2.41. The molecule has 1 fully saturated rings. The lowest BCUT2D eigenvalue weighted by molar-refractivity contribution is 0.00578. The zero-order valence-corrected chi connectivity index (χ0v) is 17.2. The van der Waals surface area contributed by atoms with E-state index in [2.05, 4.69) is 11.6 Å². The van der Waals surface area contributed by atoms with Crippen LogP contribution < -0.4 is 14.9 Å². The summed E-state index contributed by atoms with van der Waals surface area (Å²) in [7, 11) is -0.474. The molecule has 1 saturated heterocycles. The molecular formula is C20H25BFNO3S. The van der Waals surface area contributed by atoms with Gasteiger partial charge in [-0.3, -0.25) is 0 Å². The van der Waals surface area contributed by atoms with Crippen LogP contribution in [0, 0.1) is 5.82 Å². The Balaban J connectivity index is 1.90. The van der Waals surface area contributed by atoms with Crippen LogP contribution in [0.3, 0.4) is 0 Å². The highest BCUT2D eigenvalue weighted by Crippen LogP contribution is 2.37. The Morgan fingerprint density at radius 3 is 2.26 bits per heavy atom. The maximum atomic E-state index is 13.2. The zero-order valence-electron chi connectivity index (χ0n) is 16.3. The second kappa shape index (κ2) is 7.74. The third-order valence-corrected chi connectivity index (χ3v) is 5.55. The molecule has 0 aliphatic carbocycles. The fraction of sp³-hybridized carbons (Fsp3) is 0.400. The number of hydrogen-bond donors (Lipinski definition) is 1. The van der Waals surface area contributed by atoms with Crippen molar-refractivity contribution in [3.63, 3.8) is 0 Å². The second-order valence-corrected chi connectivity index (χ2v) is 8.51. The highest BCUT2D eigenvalue weighted by atomic mass is 32.2. The number of halogens is 1. The fourth-order valence-electron chi connectivity index (χ4n) is 2.61. The first-order chi connectivity index (χ1) is 12.7. The average Bonchev–Trinajstić information content (AvgIpc) is 2.83. The normalized spacial score (nSPS) is 17.8. The summed E-state index contributed by atoms with van der Waals surface area (Å²) in [6.07, 6.45) is 0. The maximum absolute atomic E-state index is 13.2. The topological polar surface area (TPSA) is 39.7 Å². The lowest BCUT2D eigenvalue weighted by atomic mass is 9.79. The molecule has 2 aromatic carbocycles. The van der Waals surface area contributed by atoms with Crippen molar-refractivity contribution in [1.82, 2.24) is 0 Å². The van der Waals surface area contributed by atoms with Crippen LogP contribution in [0.2, 0.25) is 0 Å². The summed E-state index contributed by atoms with van der Waals surface area (Å²) >= 11 is 1.57. The number of benzene rings is 2. The van der Waals surface area contributed by atoms with Crippen molar-refractivity contribution in [3.05, 3.63) is 48.3 Å². The van der Waals surface area contributed by atoms with Gasteiger partial charge in [-0.2, -0.15) is 0 Å². The second-order valence-electron chi connectivity index (χ2n) is 7.43. The minimum absolute atomic E-state index is 0.298. The maximum Gasteiger partial charge on any atom is 0.494 e. The van der Waals surface area contributed by atoms with E-state index in [4.69, 9.17) is 14.0 Å². The van der Waals surface area contributed by atoms with Gasteiger partial charge in [-0.05, 0) is 69.6 Å². The van der Waals surface area contributed by atoms with Gasteiger partial charge in [0.15, 0.2) is 5.75 Å². The zero-order chi connectivity index (χ0) is 19.7. The molecule has 0 bridgehead atoms. The van der Waals surface area contributed by atoms with Gasteiger partial charge in [0.1, 0.15) is 11.6 Å². The van der Waals surface area contributed by atoms with Gasteiger partial charge in [0.05, 0.1) is 16.9 Å². The molecule has 0 amide bonds. The molecule has 3 rings (SSSR count). The molecule has 2 aromatic rings. The number of anilines is 1. The van der Waals surface area contributed by atoms with Crippen molar-refractivity contribution in [2.75, 3.05) is 10.5 Å². The molecule has 144 valence electrons. The molecular weight excluding hydrogens is 364 g/mol. The Bertz CT molecular complexity index is 782. The summed E-state index contributed by atoms with van der Waals surface area (Å²) in [5.74, 6) is 1.81. The Hall–Kier alpha value is -1.70. The van der Waals surface area contributed by atoms with Crippen LogP contribution in [-0.4, -0.2) is 24.1 Å². The molecule has 4 nitrogen and oxygen atoms in total. The van der Waals surface area contributed by atoms with Crippen LogP contribution in [0.15, 0.2) is 42.5 Å². The predicted molar refractivity (Wildman–Crippen MR) is 110 cm³/mol. The molecule has 0 spiro atoms. The molecule has 1 heterocycles. The van der Waals surface area contributed by atoms with Gasteiger partial charge in [-0.1, -0.05) is 24.9 Å². The molecule has 27 heavy (non-hydrogen) atoms. The highest BCUT2D eigenvalue weighted by Gasteiger charge is 2.51. The van der Waals surface area contributed by atoms with E-state index >= 15 is 0 Å². The van der Waals surface area contributed by atoms with Crippen LogP contribution in [0.1, 0.15) is 34.6 Å². The molecule has 7 heteroatoms. The van der Waals surface area contributed by atoms with Gasteiger partial charge in [-0.15, -0.1) is 0 Å². The van der Waals surface area contributed by atoms with E-state index in [0.29, 0.717) is 11.5 Å². The van der Waals surface area contributed by atoms with E-state index in [1.54, 1.807) is 24.1 Å². The molecule has 1 N–H and O–H groups in total. The van der Waals surface area contributed by atoms with Crippen molar-refractivity contribution in [2.24, 2.45) is 0 Å². The number of nitrogens with one attached hydrogen (secondary N) is 1. The van der Waals surface area contributed by atoms with E-state index in [1.165, 1.54) is 12.1 Å². The van der Waals surface area contributed by atoms with Crippen molar-refractivity contribution < 1.29 is 18.4 Å². The van der Waals surface area contributed by atoms with Gasteiger partial charge >= 0.3 is 7.12 Å². The number of rotatable bonds is 6. The Kier molecular flexibility index (Phi) is 5.75. The van der Waals surface area contributed by atoms with Gasteiger partial charge in [-0.25, -0.2) is 4.39 Å². The van der Waals surface area contributed by atoms with E-state index in [9.17, 15) is 4.39 Å². The third-order valence-electron chi connectivity index (χ3n) is 4.90. The van der Waals surface area contributed by atoms with Crippen LogP contribution in [-0.2, 0) is 9.31 Å². The summed E-state index contributed by atoms with van der Waals surface area (Å²) < 4.78 is 34.8. The molecule has 1 aliphatic rings. The molecule has 0 unspecified atom stereocenters. The number of ether oxygens (including phenoxy) is 1. The Morgan fingerprint density at radius 1 is 1.04 bits per heavy atom. The molecule has 0 radical (unpaired) electrons. The van der Waals surface area contributed by atoms with Gasteiger partial charge in [0.25, 0.3) is 0 Å². The fourth-order valence-corrected chi connectivity index (χ4v) is 3.08. The first-order valence-corrected chi connectivity index (χ1v) is 10.0. The van der Waals surface area contributed by atoms with Crippen LogP contribution in [0.4, 0.5) is 10.1 Å².